The number of rotatable bonds is 4. The molecule has 29 heavy (non-hydrogen) atoms. The maximum Gasteiger partial charge on any atom is 0.284 e. The normalized spacial score (nSPS) is 14.8. The highest BCUT2D eigenvalue weighted by Crippen LogP contribution is 2.31. The standard InChI is InChI=1S/C24H22N2O2S/c1-3-16-26-23-11-7-5-9-20(23)17-19-8-4-6-10-22(19)24(26)25-29(27,28)21-14-12-18(2)13-15-21/h3-15H,1,16-17H2,2H3/b25-24-. The summed E-state index contributed by atoms with van der Waals surface area (Å²) in [6.07, 6.45) is 2.47. The van der Waals surface area contributed by atoms with Crippen LogP contribution in [0.25, 0.3) is 0 Å². The predicted octanol–water partition coefficient (Wildman–Crippen LogP) is 4.73. The van der Waals surface area contributed by atoms with Gasteiger partial charge in [0.25, 0.3) is 10.0 Å². The first kappa shape index (κ1) is 19.2. The summed E-state index contributed by atoms with van der Waals surface area (Å²) < 4.78 is 30.6. The van der Waals surface area contributed by atoms with Gasteiger partial charge in [0.05, 0.1) is 4.90 Å². The Hall–Kier alpha value is -3.18. The van der Waals surface area contributed by atoms with Gasteiger partial charge < -0.3 is 4.90 Å². The summed E-state index contributed by atoms with van der Waals surface area (Å²) in [7, 11) is -3.88. The minimum atomic E-state index is -3.88. The molecule has 5 heteroatoms. The van der Waals surface area contributed by atoms with Gasteiger partial charge in [0.1, 0.15) is 0 Å². The van der Waals surface area contributed by atoms with Gasteiger partial charge in [-0.2, -0.15) is 8.42 Å². The third-order valence-corrected chi connectivity index (χ3v) is 6.30. The highest BCUT2D eigenvalue weighted by molar-refractivity contribution is 7.90. The monoisotopic (exact) mass is 402 g/mol. The van der Waals surface area contributed by atoms with Gasteiger partial charge in [0.2, 0.25) is 0 Å². The average Bonchev–Trinajstić information content (AvgIpc) is 2.84. The minimum absolute atomic E-state index is 0.184. The van der Waals surface area contributed by atoms with E-state index in [2.05, 4.69) is 17.0 Å². The van der Waals surface area contributed by atoms with E-state index in [-0.39, 0.29) is 4.90 Å². The second-order valence-electron chi connectivity index (χ2n) is 7.06. The molecule has 3 aromatic rings. The van der Waals surface area contributed by atoms with Crippen LogP contribution in [0.1, 0.15) is 22.3 Å². The summed E-state index contributed by atoms with van der Waals surface area (Å²) in [6, 6.07) is 22.6. The molecule has 0 saturated carbocycles. The number of hydrogen-bond donors (Lipinski definition) is 0. The second-order valence-corrected chi connectivity index (χ2v) is 8.67. The average molecular weight is 403 g/mol. The molecule has 0 amide bonds. The van der Waals surface area contributed by atoms with Crippen molar-refractivity contribution in [2.75, 3.05) is 11.4 Å². The lowest BCUT2D eigenvalue weighted by Gasteiger charge is -2.25. The smallest absolute Gasteiger partial charge is 0.284 e. The van der Waals surface area contributed by atoms with E-state index in [1.54, 1.807) is 30.3 Å². The van der Waals surface area contributed by atoms with E-state index in [1.807, 2.05) is 54.3 Å². The zero-order valence-corrected chi connectivity index (χ0v) is 17.1. The minimum Gasteiger partial charge on any atom is -0.321 e. The number of amidine groups is 1. The van der Waals surface area contributed by atoms with Crippen molar-refractivity contribution in [2.24, 2.45) is 4.40 Å². The first-order chi connectivity index (χ1) is 14.0. The SMILES string of the molecule is C=CCN1/C(=N\S(=O)(=O)c2ccc(C)cc2)c2ccccc2Cc2ccccc21. The van der Waals surface area contributed by atoms with Crippen molar-refractivity contribution >= 4 is 21.5 Å². The molecular formula is C24H22N2O2S. The molecule has 0 N–H and O–H groups in total. The number of sulfonamides is 1. The first-order valence-electron chi connectivity index (χ1n) is 9.46. The third-order valence-electron chi connectivity index (χ3n) is 5.01. The Morgan fingerprint density at radius 1 is 0.966 bits per heavy atom. The number of anilines is 1. The predicted molar refractivity (Wildman–Crippen MR) is 118 cm³/mol. The van der Waals surface area contributed by atoms with Crippen molar-refractivity contribution in [2.45, 2.75) is 18.2 Å². The molecule has 0 spiro atoms. The van der Waals surface area contributed by atoms with Crippen LogP contribution >= 0.6 is 0 Å². The van der Waals surface area contributed by atoms with Gasteiger partial charge >= 0.3 is 0 Å². The molecule has 4 nitrogen and oxygen atoms in total. The maximum absolute atomic E-state index is 13.2. The van der Waals surface area contributed by atoms with Crippen molar-refractivity contribution in [3.8, 4) is 0 Å². The van der Waals surface area contributed by atoms with E-state index in [0.29, 0.717) is 18.8 Å². The van der Waals surface area contributed by atoms with Crippen LogP contribution in [0.3, 0.4) is 0 Å². The van der Waals surface area contributed by atoms with Crippen LogP contribution in [0, 0.1) is 6.92 Å². The summed E-state index contributed by atoms with van der Waals surface area (Å²) in [5.41, 5.74) is 4.94. The van der Waals surface area contributed by atoms with Crippen LogP contribution in [0.5, 0.6) is 0 Å². The van der Waals surface area contributed by atoms with E-state index in [1.165, 1.54) is 0 Å². The third kappa shape index (κ3) is 3.74. The molecule has 0 unspecified atom stereocenters. The maximum atomic E-state index is 13.2. The second kappa shape index (κ2) is 7.68. The van der Waals surface area contributed by atoms with Crippen LogP contribution < -0.4 is 4.90 Å². The number of fused-ring (bicyclic) bond motifs is 2. The molecule has 0 aliphatic carbocycles. The van der Waals surface area contributed by atoms with E-state index in [4.69, 9.17) is 0 Å². The fourth-order valence-electron chi connectivity index (χ4n) is 3.57. The van der Waals surface area contributed by atoms with Crippen LogP contribution in [-0.2, 0) is 16.4 Å². The molecular weight excluding hydrogens is 380 g/mol. The Kier molecular flexibility index (Phi) is 5.07. The molecule has 0 saturated heterocycles. The number of nitrogens with zero attached hydrogens (tertiary/aromatic N) is 2. The molecule has 4 rings (SSSR count). The van der Waals surface area contributed by atoms with Crippen LogP contribution in [0.4, 0.5) is 5.69 Å². The number of para-hydroxylation sites is 1. The van der Waals surface area contributed by atoms with Gasteiger partial charge in [-0.15, -0.1) is 11.0 Å². The van der Waals surface area contributed by atoms with Gasteiger partial charge in [-0.1, -0.05) is 66.2 Å². The van der Waals surface area contributed by atoms with Gasteiger partial charge in [-0.05, 0) is 36.2 Å². The van der Waals surface area contributed by atoms with Crippen molar-refractivity contribution < 1.29 is 8.42 Å². The molecule has 1 aliphatic heterocycles. The zero-order valence-electron chi connectivity index (χ0n) is 16.2. The van der Waals surface area contributed by atoms with Crippen molar-refractivity contribution in [3.63, 3.8) is 0 Å². The van der Waals surface area contributed by atoms with Gasteiger partial charge in [-0.3, -0.25) is 0 Å². The molecule has 146 valence electrons. The van der Waals surface area contributed by atoms with Crippen LogP contribution in [0.15, 0.2) is 94.7 Å². The highest BCUT2D eigenvalue weighted by atomic mass is 32.2. The van der Waals surface area contributed by atoms with E-state index in [9.17, 15) is 8.42 Å². The number of benzene rings is 3. The molecule has 0 bridgehead atoms. The highest BCUT2D eigenvalue weighted by Gasteiger charge is 2.26. The summed E-state index contributed by atoms with van der Waals surface area (Å²) in [5, 5.41) is 0. The summed E-state index contributed by atoms with van der Waals surface area (Å²) >= 11 is 0. The molecule has 0 fully saturated rings. The fraction of sp³-hybridized carbons (Fsp3) is 0.125. The molecule has 3 aromatic carbocycles. The lowest BCUT2D eigenvalue weighted by molar-refractivity contribution is 0.598. The van der Waals surface area contributed by atoms with Crippen LogP contribution in [-0.4, -0.2) is 20.8 Å². The van der Waals surface area contributed by atoms with E-state index in [0.717, 1.165) is 27.9 Å². The summed E-state index contributed by atoms with van der Waals surface area (Å²) in [5.74, 6) is 0.422. The Morgan fingerprint density at radius 2 is 1.62 bits per heavy atom. The van der Waals surface area contributed by atoms with Crippen molar-refractivity contribution in [1.82, 2.24) is 0 Å². The van der Waals surface area contributed by atoms with Crippen molar-refractivity contribution in [3.05, 3.63) is 108 Å². The fourth-order valence-corrected chi connectivity index (χ4v) is 4.58. The van der Waals surface area contributed by atoms with Crippen molar-refractivity contribution in [1.29, 1.82) is 0 Å². The number of aryl methyl sites for hydroxylation is 1. The lowest BCUT2D eigenvalue weighted by atomic mass is 10.0. The molecule has 1 heterocycles. The molecule has 0 atom stereocenters. The molecule has 0 radical (unpaired) electrons. The Bertz CT molecular complexity index is 1200. The first-order valence-corrected chi connectivity index (χ1v) is 10.9. The summed E-state index contributed by atoms with van der Waals surface area (Å²) in [4.78, 5) is 2.11. The quantitative estimate of drug-likeness (QED) is 0.593. The largest absolute Gasteiger partial charge is 0.321 e. The van der Waals surface area contributed by atoms with Gasteiger partial charge in [0, 0.05) is 24.2 Å². The summed E-state index contributed by atoms with van der Waals surface area (Å²) in [6.45, 7) is 6.24. The van der Waals surface area contributed by atoms with Crippen LogP contribution in [0.2, 0.25) is 0 Å². The number of hydrogen-bond acceptors (Lipinski definition) is 2. The Morgan fingerprint density at radius 3 is 2.34 bits per heavy atom. The zero-order chi connectivity index (χ0) is 20.4. The Balaban J connectivity index is 1.96. The van der Waals surface area contributed by atoms with E-state index < -0.39 is 10.0 Å². The van der Waals surface area contributed by atoms with Gasteiger partial charge in [0.15, 0.2) is 5.84 Å². The molecule has 1 aliphatic rings. The topological polar surface area (TPSA) is 49.7 Å². The Labute approximate surface area is 171 Å². The van der Waals surface area contributed by atoms with E-state index >= 15 is 0 Å². The lowest BCUT2D eigenvalue weighted by Crippen LogP contribution is -2.32. The molecule has 0 aromatic heterocycles. The van der Waals surface area contributed by atoms with Gasteiger partial charge in [-0.25, -0.2) is 0 Å².